The van der Waals surface area contributed by atoms with E-state index in [-0.39, 0.29) is 17.4 Å². The number of carbonyl (C=O) groups is 1. The van der Waals surface area contributed by atoms with E-state index in [9.17, 15) is 4.79 Å². The number of rotatable bonds is 6. The third kappa shape index (κ3) is 5.39. The minimum Gasteiger partial charge on any atom is -0.303 e. The quantitative estimate of drug-likeness (QED) is 0.560. The van der Waals surface area contributed by atoms with Crippen molar-refractivity contribution >= 4 is 5.78 Å². The first-order valence-corrected chi connectivity index (χ1v) is 10.2. The Balaban J connectivity index is 1.89. The smallest absolute Gasteiger partial charge is 0.179 e. The van der Waals surface area contributed by atoms with Gasteiger partial charge in [0, 0.05) is 22.9 Å². The highest BCUT2D eigenvalue weighted by Crippen LogP contribution is 2.28. The zero-order valence-electron chi connectivity index (χ0n) is 18.0. The van der Waals surface area contributed by atoms with Crippen molar-refractivity contribution in [2.24, 2.45) is 0 Å². The first-order chi connectivity index (χ1) is 13.7. The van der Waals surface area contributed by atoms with Crippen LogP contribution in [0.5, 0.6) is 0 Å². The molecule has 1 aromatic heterocycles. The van der Waals surface area contributed by atoms with E-state index < -0.39 is 0 Å². The zero-order chi connectivity index (χ0) is 21.0. The SMILES string of the molecule is Cc1cccc(Cc2cccc(C(=O)C(C)NC(C)(C)C)c2)c1-c1ccccn1. The molecule has 0 aliphatic heterocycles. The fraction of sp³-hybridized carbons (Fsp3) is 0.308. The van der Waals surface area contributed by atoms with Crippen LogP contribution in [0, 0.1) is 6.92 Å². The number of benzene rings is 2. The molecule has 0 amide bonds. The van der Waals surface area contributed by atoms with Crippen molar-refractivity contribution in [3.05, 3.63) is 89.1 Å². The predicted molar refractivity (Wildman–Crippen MR) is 120 cm³/mol. The summed E-state index contributed by atoms with van der Waals surface area (Å²) in [7, 11) is 0. The van der Waals surface area contributed by atoms with Crippen LogP contribution in [0.1, 0.15) is 54.7 Å². The lowest BCUT2D eigenvalue weighted by molar-refractivity contribution is 0.0935. The maximum atomic E-state index is 12.9. The molecule has 1 unspecified atom stereocenters. The van der Waals surface area contributed by atoms with Gasteiger partial charge in [0.25, 0.3) is 0 Å². The zero-order valence-corrected chi connectivity index (χ0v) is 18.0. The molecule has 0 aliphatic carbocycles. The van der Waals surface area contributed by atoms with Crippen molar-refractivity contribution in [3.63, 3.8) is 0 Å². The average Bonchev–Trinajstić information content (AvgIpc) is 2.67. The van der Waals surface area contributed by atoms with Crippen molar-refractivity contribution in [1.29, 1.82) is 0 Å². The number of Topliss-reactive ketones (excluding diaryl/α,β-unsaturated/α-hetero) is 1. The molecular formula is C26H30N2O. The van der Waals surface area contributed by atoms with Crippen LogP contribution in [-0.2, 0) is 6.42 Å². The Morgan fingerprint density at radius 2 is 1.79 bits per heavy atom. The number of nitrogens with one attached hydrogen (secondary N) is 1. The Kier molecular flexibility index (Phi) is 6.29. The van der Waals surface area contributed by atoms with Crippen molar-refractivity contribution in [2.45, 2.75) is 52.6 Å². The van der Waals surface area contributed by atoms with Gasteiger partial charge in [0.1, 0.15) is 0 Å². The first kappa shape index (κ1) is 20.9. The Morgan fingerprint density at radius 1 is 1.03 bits per heavy atom. The number of carbonyl (C=O) groups excluding carboxylic acids is 1. The highest BCUT2D eigenvalue weighted by Gasteiger charge is 2.21. The van der Waals surface area contributed by atoms with Gasteiger partial charge >= 0.3 is 0 Å². The Hall–Kier alpha value is -2.78. The van der Waals surface area contributed by atoms with Crippen molar-refractivity contribution in [3.8, 4) is 11.3 Å². The molecule has 0 saturated heterocycles. The van der Waals surface area contributed by atoms with Gasteiger partial charge in [-0.3, -0.25) is 9.78 Å². The van der Waals surface area contributed by atoms with Gasteiger partial charge in [-0.1, -0.05) is 42.5 Å². The van der Waals surface area contributed by atoms with Gasteiger partial charge in [0.05, 0.1) is 11.7 Å². The van der Waals surface area contributed by atoms with Crippen molar-refractivity contribution in [1.82, 2.24) is 10.3 Å². The molecule has 0 radical (unpaired) electrons. The van der Waals surface area contributed by atoms with E-state index in [2.05, 4.69) is 62.3 Å². The number of aryl methyl sites for hydroxylation is 1. The second-order valence-electron chi connectivity index (χ2n) is 8.68. The number of nitrogens with zero attached hydrogens (tertiary/aromatic N) is 1. The number of ketones is 1. The van der Waals surface area contributed by atoms with E-state index in [4.69, 9.17) is 0 Å². The van der Waals surface area contributed by atoms with E-state index in [0.717, 1.165) is 23.2 Å². The van der Waals surface area contributed by atoms with Gasteiger partial charge in [0.2, 0.25) is 0 Å². The molecule has 150 valence electrons. The highest BCUT2D eigenvalue weighted by molar-refractivity contribution is 6.00. The van der Waals surface area contributed by atoms with Crippen LogP contribution in [-0.4, -0.2) is 22.3 Å². The third-order valence-electron chi connectivity index (χ3n) is 4.93. The summed E-state index contributed by atoms with van der Waals surface area (Å²) in [6.45, 7) is 10.3. The van der Waals surface area contributed by atoms with E-state index in [1.165, 1.54) is 16.7 Å². The fourth-order valence-corrected chi connectivity index (χ4v) is 3.77. The third-order valence-corrected chi connectivity index (χ3v) is 4.93. The summed E-state index contributed by atoms with van der Waals surface area (Å²) in [6, 6.07) is 20.1. The van der Waals surface area contributed by atoms with E-state index in [1.807, 2.05) is 49.5 Å². The van der Waals surface area contributed by atoms with Crippen LogP contribution in [0.15, 0.2) is 66.9 Å². The Labute approximate surface area is 174 Å². The monoisotopic (exact) mass is 386 g/mol. The van der Waals surface area contributed by atoms with Gasteiger partial charge in [-0.05, 0) is 75.9 Å². The number of hydrogen-bond acceptors (Lipinski definition) is 3. The lowest BCUT2D eigenvalue weighted by atomic mass is 9.92. The molecule has 29 heavy (non-hydrogen) atoms. The Morgan fingerprint density at radius 3 is 2.48 bits per heavy atom. The molecule has 3 rings (SSSR count). The van der Waals surface area contributed by atoms with E-state index in [1.54, 1.807) is 0 Å². The maximum Gasteiger partial charge on any atom is 0.179 e. The molecule has 0 fully saturated rings. The van der Waals surface area contributed by atoms with Gasteiger partial charge < -0.3 is 5.32 Å². The van der Waals surface area contributed by atoms with Crippen LogP contribution < -0.4 is 5.32 Å². The van der Waals surface area contributed by atoms with Crippen LogP contribution >= 0.6 is 0 Å². The average molecular weight is 387 g/mol. The summed E-state index contributed by atoms with van der Waals surface area (Å²) in [5.41, 5.74) is 6.35. The van der Waals surface area contributed by atoms with Gasteiger partial charge in [0.15, 0.2) is 5.78 Å². The number of aromatic nitrogens is 1. The number of hydrogen-bond donors (Lipinski definition) is 1. The predicted octanol–water partition coefficient (Wildman–Crippen LogP) is 5.61. The molecule has 3 heteroatoms. The molecule has 0 bridgehead atoms. The highest BCUT2D eigenvalue weighted by atomic mass is 16.1. The summed E-state index contributed by atoms with van der Waals surface area (Å²) in [5, 5.41) is 3.37. The second kappa shape index (κ2) is 8.71. The van der Waals surface area contributed by atoms with Gasteiger partial charge in [-0.15, -0.1) is 0 Å². The maximum absolute atomic E-state index is 12.9. The minimum absolute atomic E-state index is 0.105. The minimum atomic E-state index is -0.228. The Bertz CT molecular complexity index is 987. The molecule has 0 saturated carbocycles. The molecule has 0 aliphatic rings. The largest absolute Gasteiger partial charge is 0.303 e. The van der Waals surface area contributed by atoms with E-state index in [0.29, 0.717) is 0 Å². The molecule has 3 aromatic rings. The topological polar surface area (TPSA) is 42.0 Å². The summed E-state index contributed by atoms with van der Waals surface area (Å²) < 4.78 is 0. The molecule has 1 heterocycles. The molecule has 0 spiro atoms. The van der Waals surface area contributed by atoms with Crippen LogP contribution in [0.25, 0.3) is 11.3 Å². The van der Waals surface area contributed by atoms with Gasteiger partial charge in [-0.25, -0.2) is 0 Å². The normalized spacial score (nSPS) is 12.6. The lowest BCUT2D eigenvalue weighted by Crippen LogP contribution is -2.46. The van der Waals surface area contributed by atoms with Crippen LogP contribution in [0.4, 0.5) is 0 Å². The summed E-state index contributed by atoms with van der Waals surface area (Å²) in [4.78, 5) is 17.4. The fourth-order valence-electron chi connectivity index (χ4n) is 3.77. The number of pyridine rings is 1. The lowest BCUT2D eigenvalue weighted by Gasteiger charge is -2.25. The standard InChI is InChI=1S/C26H30N2O/c1-18-10-8-12-21(24(18)23-14-6-7-15-27-23)16-20-11-9-13-22(17-20)25(29)19(2)28-26(3,4)5/h6-15,17,19,28H,16H2,1-5H3. The van der Waals surface area contributed by atoms with Crippen molar-refractivity contribution < 1.29 is 4.79 Å². The summed E-state index contributed by atoms with van der Waals surface area (Å²) in [5.74, 6) is 0.121. The second-order valence-corrected chi connectivity index (χ2v) is 8.68. The van der Waals surface area contributed by atoms with Crippen LogP contribution in [0.3, 0.4) is 0 Å². The summed E-state index contributed by atoms with van der Waals surface area (Å²) >= 11 is 0. The van der Waals surface area contributed by atoms with Gasteiger partial charge in [-0.2, -0.15) is 0 Å². The molecular weight excluding hydrogens is 356 g/mol. The summed E-state index contributed by atoms with van der Waals surface area (Å²) in [6.07, 6.45) is 2.59. The molecule has 3 nitrogen and oxygen atoms in total. The molecule has 1 N–H and O–H groups in total. The van der Waals surface area contributed by atoms with Crippen molar-refractivity contribution in [2.75, 3.05) is 0 Å². The first-order valence-electron chi connectivity index (χ1n) is 10.2. The van der Waals surface area contributed by atoms with E-state index >= 15 is 0 Å². The van der Waals surface area contributed by atoms with Crippen LogP contribution in [0.2, 0.25) is 0 Å². The molecule has 1 atom stereocenters. The molecule has 2 aromatic carbocycles.